The molecule has 3 rings (SSSR count). The van der Waals surface area contributed by atoms with Crippen molar-refractivity contribution in [1.29, 1.82) is 0 Å². The zero-order valence-electron chi connectivity index (χ0n) is 9.71. The maximum absolute atomic E-state index is 10.3. The summed E-state index contributed by atoms with van der Waals surface area (Å²) in [5, 5.41) is 10.3. The molecule has 2 aromatic carbocycles. The smallest absolute Gasteiger partial charge is 0.0827 e. The largest absolute Gasteiger partial charge is 0.388 e. The van der Waals surface area contributed by atoms with Crippen molar-refractivity contribution in [2.24, 2.45) is 5.92 Å². The second-order valence-electron chi connectivity index (χ2n) is 4.80. The Morgan fingerprint density at radius 3 is 2.41 bits per heavy atom. The molecule has 0 heterocycles. The Kier molecular flexibility index (Phi) is 2.69. The van der Waals surface area contributed by atoms with E-state index in [0.717, 1.165) is 18.4 Å². The molecular formula is C16H16O. The predicted octanol–water partition coefficient (Wildman–Crippen LogP) is 3.14. The van der Waals surface area contributed by atoms with Gasteiger partial charge in [0, 0.05) is 0 Å². The fourth-order valence-corrected chi connectivity index (χ4v) is 2.76. The normalized spacial score (nSPS) is 22.4. The van der Waals surface area contributed by atoms with Crippen molar-refractivity contribution in [3.05, 3.63) is 71.3 Å². The zero-order valence-corrected chi connectivity index (χ0v) is 9.71. The van der Waals surface area contributed by atoms with Crippen LogP contribution in [0.1, 0.15) is 22.8 Å². The van der Waals surface area contributed by atoms with E-state index in [9.17, 15) is 5.11 Å². The van der Waals surface area contributed by atoms with Gasteiger partial charge in [-0.15, -0.1) is 0 Å². The van der Waals surface area contributed by atoms with Crippen LogP contribution >= 0.6 is 0 Å². The first kappa shape index (κ1) is 10.5. The molecule has 2 aromatic rings. The van der Waals surface area contributed by atoms with Gasteiger partial charge in [0.05, 0.1) is 6.10 Å². The van der Waals surface area contributed by atoms with E-state index in [-0.39, 0.29) is 6.10 Å². The topological polar surface area (TPSA) is 20.2 Å². The zero-order chi connectivity index (χ0) is 11.7. The Balaban J connectivity index is 1.81. The van der Waals surface area contributed by atoms with Crippen molar-refractivity contribution in [2.75, 3.05) is 0 Å². The van der Waals surface area contributed by atoms with Gasteiger partial charge < -0.3 is 5.11 Å². The van der Waals surface area contributed by atoms with E-state index in [1.54, 1.807) is 0 Å². The van der Waals surface area contributed by atoms with Crippen LogP contribution in [0.25, 0.3) is 0 Å². The molecule has 0 saturated carbocycles. The number of rotatable bonds is 2. The molecule has 1 aliphatic rings. The van der Waals surface area contributed by atoms with Crippen molar-refractivity contribution in [2.45, 2.75) is 18.9 Å². The molecule has 1 N–H and O–H groups in total. The molecule has 0 radical (unpaired) electrons. The summed E-state index contributed by atoms with van der Waals surface area (Å²) in [6, 6.07) is 18.7. The summed E-state index contributed by atoms with van der Waals surface area (Å²) in [5.41, 5.74) is 3.73. The second kappa shape index (κ2) is 4.34. The number of aliphatic hydroxyl groups excluding tert-OH is 1. The maximum Gasteiger partial charge on any atom is 0.0827 e. The van der Waals surface area contributed by atoms with Gasteiger partial charge in [-0.1, -0.05) is 54.6 Å². The van der Waals surface area contributed by atoms with Crippen LogP contribution in [0.15, 0.2) is 54.6 Å². The molecule has 0 amide bonds. The fourth-order valence-electron chi connectivity index (χ4n) is 2.76. The summed E-state index contributed by atoms with van der Waals surface area (Å²) in [4.78, 5) is 0. The summed E-state index contributed by atoms with van der Waals surface area (Å²) in [7, 11) is 0. The van der Waals surface area contributed by atoms with E-state index in [1.807, 2.05) is 18.2 Å². The van der Waals surface area contributed by atoms with E-state index in [0.29, 0.717) is 5.92 Å². The van der Waals surface area contributed by atoms with Crippen molar-refractivity contribution in [3.8, 4) is 0 Å². The minimum Gasteiger partial charge on any atom is -0.388 e. The first-order valence-electron chi connectivity index (χ1n) is 6.14. The summed E-state index contributed by atoms with van der Waals surface area (Å²) < 4.78 is 0. The highest BCUT2D eigenvalue weighted by molar-refractivity contribution is 5.35. The van der Waals surface area contributed by atoms with Gasteiger partial charge in [0.1, 0.15) is 0 Å². The Labute approximate surface area is 102 Å². The molecule has 1 heteroatoms. The molecule has 86 valence electrons. The molecule has 1 aliphatic carbocycles. The molecule has 0 saturated heterocycles. The van der Waals surface area contributed by atoms with Gasteiger partial charge in [0.15, 0.2) is 0 Å². The summed E-state index contributed by atoms with van der Waals surface area (Å²) >= 11 is 0. The van der Waals surface area contributed by atoms with Crippen LogP contribution in [0, 0.1) is 5.92 Å². The third-order valence-corrected chi connectivity index (χ3v) is 3.64. The van der Waals surface area contributed by atoms with Gasteiger partial charge in [-0.3, -0.25) is 0 Å². The predicted molar refractivity (Wildman–Crippen MR) is 68.7 cm³/mol. The Hall–Kier alpha value is -1.60. The lowest BCUT2D eigenvalue weighted by Gasteiger charge is -2.14. The van der Waals surface area contributed by atoms with Crippen LogP contribution in [0.2, 0.25) is 0 Å². The van der Waals surface area contributed by atoms with Crippen molar-refractivity contribution >= 4 is 0 Å². The molecule has 0 aliphatic heterocycles. The third-order valence-electron chi connectivity index (χ3n) is 3.64. The molecular weight excluding hydrogens is 208 g/mol. The van der Waals surface area contributed by atoms with Gasteiger partial charge in [0.2, 0.25) is 0 Å². The summed E-state index contributed by atoms with van der Waals surface area (Å²) in [6.45, 7) is 0. The highest BCUT2D eigenvalue weighted by atomic mass is 16.3. The van der Waals surface area contributed by atoms with Gasteiger partial charge >= 0.3 is 0 Å². The highest BCUT2D eigenvalue weighted by Crippen LogP contribution is 2.37. The lowest BCUT2D eigenvalue weighted by molar-refractivity contribution is 0.123. The summed E-state index contributed by atoms with van der Waals surface area (Å²) in [5.74, 6) is 0.329. The van der Waals surface area contributed by atoms with Crippen molar-refractivity contribution < 1.29 is 5.11 Å². The average Bonchev–Trinajstić information content (AvgIpc) is 2.68. The van der Waals surface area contributed by atoms with Crippen LogP contribution < -0.4 is 0 Å². The monoisotopic (exact) mass is 224 g/mol. The number of aliphatic hydroxyl groups is 1. The molecule has 17 heavy (non-hydrogen) atoms. The minimum absolute atomic E-state index is 0.300. The SMILES string of the molecule is O[C@H]1c2ccccc2C[C@H]1Cc1ccccc1. The number of benzene rings is 2. The van der Waals surface area contributed by atoms with Crippen LogP contribution in [-0.2, 0) is 12.8 Å². The second-order valence-corrected chi connectivity index (χ2v) is 4.80. The van der Waals surface area contributed by atoms with Gasteiger partial charge in [-0.2, -0.15) is 0 Å². The Morgan fingerprint density at radius 2 is 1.65 bits per heavy atom. The van der Waals surface area contributed by atoms with Crippen LogP contribution in [0.3, 0.4) is 0 Å². The van der Waals surface area contributed by atoms with Crippen LogP contribution in [-0.4, -0.2) is 5.11 Å². The van der Waals surface area contributed by atoms with E-state index in [4.69, 9.17) is 0 Å². The van der Waals surface area contributed by atoms with E-state index in [1.165, 1.54) is 11.1 Å². The van der Waals surface area contributed by atoms with Gasteiger partial charge in [-0.05, 0) is 35.4 Å². The van der Waals surface area contributed by atoms with Crippen molar-refractivity contribution in [3.63, 3.8) is 0 Å². The molecule has 1 nitrogen and oxygen atoms in total. The molecule has 2 atom stereocenters. The van der Waals surface area contributed by atoms with Crippen LogP contribution in [0.5, 0.6) is 0 Å². The van der Waals surface area contributed by atoms with E-state index >= 15 is 0 Å². The van der Waals surface area contributed by atoms with Crippen molar-refractivity contribution in [1.82, 2.24) is 0 Å². The number of hydrogen-bond acceptors (Lipinski definition) is 1. The lowest BCUT2D eigenvalue weighted by atomic mass is 9.95. The fraction of sp³-hybridized carbons (Fsp3) is 0.250. The average molecular weight is 224 g/mol. The number of fused-ring (bicyclic) bond motifs is 1. The lowest BCUT2D eigenvalue weighted by Crippen LogP contribution is -2.10. The van der Waals surface area contributed by atoms with Crippen LogP contribution in [0.4, 0.5) is 0 Å². The molecule has 0 unspecified atom stereocenters. The highest BCUT2D eigenvalue weighted by Gasteiger charge is 2.30. The Bertz CT molecular complexity index is 504. The molecule has 0 spiro atoms. The van der Waals surface area contributed by atoms with Gasteiger partial charge in [0.25, 0.3) is 0 Å². The van der Waals surface area contributed by atoms with E-state index in [2.05, 4.69) is 36.4 Å². The third kappa shape index (κ3) is 1.98. The van der Waals surface area contributed by atoms with E-state index < -0.39 is 0 Å². The minimum atomic E-state index is -0.300. The van der Waals surface area contributed by atoms with Gasteiger partial charge in [-0.25, -0.2) is 0 Å². The Morgan fingerprint density at radius 1 is 0.941 bits per heavy atom. The standard InChI is InChI=1S/C16H16O/c17-16-14(10-12-6-2-1-3-7-12)11-13-8-4-5-9-15(13)16/h1-9,14,16-17H,10-11H2/t14-,16-/m1/s1. The summed E-state index contributed by atoms with van der Waals surface area (Å²) in [6.07, 6.45) is 1.65. The molecule has 0 fully saturated rings. The number of hydrogen-bond donors (Lipinski definition) is 1. The first-order chi connectivity index (χ1) is 8.34. The molecule has 0 bridgehead atoms. The maximum atomic E-state index is 10.3. The molecule has 0 aromatic heterocycles. The quantitative estimate of drug-likeness (QED) is 0.831. The first-order valence-corrected chi connectivity index (χ1v) is 6.14.